The van der Waals surface area contributed by atoms with Crippen molar-refractivity contribution in [3.63, 3.8) is 0 Å². The van der Waals surface area contributed by atoms with Crippen LogP contribution in [0, 0.1) is 12.3 Å². The summed E-state index contributed by atoms with van der Waals surface area (Å²) in [5.41, 5.74) is 0.0196. The molecule has 1 N–H and O–H groups in total. The van der Waals surface area contributed by atoms with Gasteiger partial charge in [-0.15, -0.1) is 0 Å². The van der Waals surface area contributed by atoms with Gasteiger partial charge in [-0.25, -0.2) is 0 Å². The predicted molar refractivity (Wildman–Crippen MR) is 91.6 cm³/mol. The van der Waals surface area contributed by atoms with E-state index in [4.69, 9.17) is 4.52 Å². The zero-order chi connectivity index (χ0) is 17.7. The standard InChI is InChI=1S/C17H28N4O3/c1-13-11-14(19-24-13)18-15(22)5-6-20-7-9-21(10-8-20)16(23)12-17(2,3)4/h11H,5-10,12H2,1-4H3,(H,18,19,22). The summed E-state index contributed by atoms with van der Waals surface area (Å²) in [5.74, 6) is 1.27. The lowest BCUT2D eigenvalue weighted by Crippen LogP contribution is -2.49. The molecule has 1 fully saturated rings. The molecule has 0 aromatic carbocycles. The van der Waals surface area contributed by atoms with Crippen molar-refractivity contribution in [1.82, 2.24) is 15.0 Å². The highest BCUT2D eigenvalue weighted by Gasteiger charge is 2.24. The molecule has 24 heavy (non-hydrogen) atoms. The molecule has 134 valence electrons. The van der Waals surface area contributed by atoms with Gasteiger partial charge in [0.1, 0.15) is 5.76 Å². The summed E-state index contributed by atoms with van der Waals surface area (Å²) in [4.78, 5) is 28.3. The second kappa shape index (κ2) is 7.79. The van der Waals surface area contributed by atoms with Crippen molar-refractivity contribution in [3.05, 3.63) is 11.8 Å². The molecule has 1 saturated heterocycles. The van der Waals surface area contributed by atoms with Gasteiger partial charge in [0.05, 0.1) is 0 Å². The topological polar surface area (TPSA) is 78.7 Å². The number of carbonyl (C=O) groups excluding carboxylic acids is 2. The lowest BCUT2D eigenvalue weighted by atomic mass is 9.91. The number of amides is 2. The number of aromatic nitrogens is 1. The fraction of sp³-hybridized carbons (Fsp3) is 0.706. The molecule has 0 spiro atoms. The molecule has 2 amide bonds. The maximum absolute atomic E-state index is 12.2. The second-order valence-electron chi connectivity index (χ2n) is 7.58. The van der Waals surface area contributed by atoms with E-state index in [9.17, 15) is 9.59 Å². The van der Waals surface area contributed by atoms with E-state index in [1.807, 2.05) is 4.90 Å². The minimum Gasteiger partial charge on any atom is -0.360 e. The fourth-order valence-corrected chi connectivity index (χ4v) is 2.68. The summed E-state index contributed by atoms with van der Waals surface area (Å²) < 4.78 is 4.92. The van der Waals surface area contributed by atoms with Crippen LogP contribution in [0.15, 0.2) is 10.6 Å². The first-order chi connectivity index (χ1) is 11.2. The zero-order valence-electron chi connectivity index (χ0n) is 15.1. The summed E-state index contributed by atoms with van der Waals surface area (Å²) in [6.07, 6.45) is 0.981. The van der Waals surface area contributed by atoms with Crippen LogP contribution in [0.3, 0.4) is 0 Å². The Balaban J connectivity index is 1.67. The molecular weight excluding hydrogens is 308 g/mol. The number of nitrogens with one attached hydrogen (secondary N) is 1. The average Bonchev–Trinajstić information content (AvgIpc) is 2.89. The van der Waals surface area contributed by atoms with Gasteiger partial charge in [0, 0.05) is 51.6 Å². The number of anilines is 1. The maximum atomic E-state index is 12.2. The first-order valence-corrected chi connectivity index (χ1v) is 8.46. The van der Waals surface area contributed by atoms with Gasteiger partial charge in [0.15, 0.2) is 5.82 Å². The minimum atomic E-state index is -0.0745. The van der Waals surface area contributed by atoms with Gasteiger partial charge in [-0.3, -0.25) is 14.5 Å². The lowest BCUT2D eigenvalue weighted by molar-refractivity contribution is -0.135. The number of rotatable bonds is 5. The van der Waals surface area contributed by atoms with Gasteiger partial charge in [-0.2, -0.15) is 0 Å². The predicted octanol–water partition coefficient (Wildman–Crippen LogP) is 1.89. The van der Waals surface area contributed by atoms with Gasteiger partial charge in [-0.05, 0) is 12.3 Å². The van der Waals surface area contributed by atoms with Crippen molar-refractivity contribution in [1.29, 1.82) is 0 Å². The SMILES string of the molecule is Cc1cc(NC(=O)CCN2CCN(C(=O)CC(C)(C)C)CC2)no1. The van der Waals surface area contributed by atoms with Gasteiger partial charge in [-0.1, -0.05) is 25.9 Å². The Labute approximate surface area is 143 Å². The highest BCUT2D eigenvalue weighted by molar-refractivity contribution is 5.89. The van der Waals surface area contributed by atoms with Crippen LogP contribution in [0.25, 0.3) is 0 Å². The third kappa shape index (κ3) is 5.96. The van der Waals surface area contributed by atoms with Crippen LogP contribution in [0.1, 0.15) is 39.4 Å². The Morgan fingerprint density at radius 3 is 2.46 bits per heavy atom. The van der Waals surface area contributed by atoms with Crippen molar-refractivity contribution in [2.75, 3.05) is 38.0 Å². The zero-order valence-corrected chi connectivity index (χ0v) is 15.1. The normalized spacial score (nSPS) is 16.2. The molecule has 7 heteroatoms. The summed E-state index contributed by atoms with van der Waals surface area (Å²) in [7, 11) is 0. The van der Waals surface area contributed by atoms with Gasteiger partial charge in [0.2, 0.25) is 11.8 Å². The van der Waals surface area contributed by atoms with E-state index in [1.165, 1.54) is 0 Å². The molecule has 1 aliphatic heterocycles. The number of hydrogen-bond donors (Lipinski definition) is 1. The highest BCUT2D eigenvalue weighted by atomic mass is 16.5. The molecule has 2 heterocycles. The van der Waals surface area contributed by atoms with E-state index >= 15 is 0 Å². The molecule has 7 nitrogen and oxygen atoms in total. The summed E-state index contributed by atoms with van der Waals surface area (Å²) >= 11 is 0. The van der Waals surface area contributed by atoms with Crippen molar-refractivity contribution < 1.29 is 14.1 Å². The first kappa shape index (κ1) is 18.4. The van der Waals surface area contributed by atoms with Gasteiger partial charge < -0.3 is 14.7 Å². The monoisotopic (exact) mass is 336 g/mol. The summed E-state index contributed by atoms with van der Waals surface area (Å²) in [5, 5.41) is 6.46. The molecular formula is C17H28N4O3. The molecule has 2 rings (SSSR count). The maximum Gasteiger partial charge on any atom is 0.226 e. The molecule has 0 unspecified atom stereocenters. The van der Waals surface area contributed by atoms with E-state index < -0.39 is 0 Å². The molecule has 0 saturated carbocycles. The van der Waals surface area contributed by atoms with Crippen LogP contribution < -0.4 is 5.32 Å². The van der Waals surface area contributed by atoms with E-state index in [0.717, 1.165) is 26.2 Å². The number of piperazine rings is 1. The van der Waals surface area contributed by atoms with Crippen LogP contribution in [0.4, 0.5) is 5.82 Å². The third-order valence-electron chi connectivity index (χ3n) is 3.96. The van der Waals surface area contributed by atoms with Crippen LogP contribution in [0.2, 0.25) is 0 Å². The number of carbonyl (C=O) groups is 2. The van der Waals surface area contributed by atoms with Crippen molar-refractivity contribution in [2.45, 2.75) is 40.5 Å². The van der Waals surface area contributed by atoms with Crippen molar-refractivity contribution >= 4 is 17.6 Å². The van der Waals surface area contributed by atoms with E-state index in [0.29, 0.717) is 31.0 Å². The lowest BCUT2D eigenvalue weighted by Gasteiger charge is -2.35. The molecule has 0 bridgehead atoms. The fourth-order valence-electron chi connectivity index (χ4n) is 2.68. The van der Waals surface area contributed by atoms with E-state index in [1.54, 1.807) is 13.0 Å². The Morgan fingerprint density at radius 2 is 1.92 bits per heavy atom. The van der Waals surface area contributed by atoms with Crippen LogP contribution in [-0.2, 0) is 9.59 Å². The van der Waals surface area contributed by atoms with E-state index in [-0.39, 0.29) is 17.2 Å². The summed E-state index contributed by atoms with van der Waals surface area (Å²) in [6, 6.07) is 1.69. The molecule has 0 atom stereocenters. The number of nitrogens with zero attached hydrogens (tertiary/aromatic N) is 3. The Kier molecular flexibility index (Phi) is 5.99. The number of aryl methyl sites for hydroxylation is 1. The first-order valence-electron chi connectivity index (χ1n) is 8.46. The van der Waals surface area contributed by atoms with Crippen LogP contribution >= 0.6 is 0 Å². The van der Waals surface area contributed by atoms with Gasteiger partial charge in [0.25, 0.3) is 0 Å². The molecule has 0 aliphatic carbocycles. The van der Waals surface area contributed by atoms with Gasteiger partial charge >= 0.3 is 0 Å². The third-order valence-corrected chi connectivity index (χ3v) is 3.96. The molecule has 0 radical (unpaired) electrons. The largest absolute Gasteiger partial charge is 0.360 e. The van der Waals surface area contributed by atoms with E-state index in [2.05, 4.69) is 36.1 Å². The average molecular weight is 336 g/mol. The Bertz CT molecular complexity index is 569. The second-order valence-corrected chi connectivity index (χ2v) is 7.58. The summed E-state index contributed by atoms with van der Waals surface area (Å²) in [6.45, 7) is 11.8. The quantitative estimate of drug-likeness (QED) is 0.888. The van der Waals surface area contributed by atoms with Crippen LogP contribution in [0.5, 0.6) is 0 Å². The molecule has 1 aromatic heterocycles. The Morgan fingerprint density at radius 1 is 1.25 bits per heavy atom. The van der Waals surface area contributed by atoms with Crippen LogP contribution in [-0.4, -0.2) is 59.5 Å². The minimum absolute atomic E-state index is 0.0196. The molecule has 1 aliphatic rings. The number of hydrogen-bond acceptors (Lipinski definition) is 5. The van der Waals surface area contributed by atoms with Crippen molar-refractivity contribution in [2.24, 2.45) is 5.41 Å². The molecule has 1 aromatic rings. The smallest absolute Gasteiger partial charge is 0.226 e. The van der Waals surface area contributed by atoms with Crippen molar-refractivity contribution in [3.8, 4) is 0 Å². The Hall–Kier alpha value is -1.89. The highest BCUT2D eigenvalue weighted by Crippen LogP contribution is 2.20.